The molecule has 1 aliphatic rings. The second-order valence-corrected chi connectivity index (χ2v) is 5.19. The summed E-state index contributed by atoms with van der Waals surface area (Å²) in [6, 6.07) is 0. The Kier molecular flexibility index (Phi) is 5.39. The zero-order valence-corrected chi connectivity index (χ0v) is 11.8. The Labute approximate surface area is 115 Å². The molecule has 0 spiro atoms. The minimum absolute atomic E-state index is 0.222. The molecule has 1 saturated heterocycles. The average molecular weight is 264 g/mol. The van der Waals surface area contributed by atoms with Crippen LogP contribution in [0.15, 0.2) is 12.5 Å². The number of hydrogen-bond donors (Lipinski definition) is 1. The Balaban J connectivity index is 1.85. The lowest BCUT2D eigenvalue weighted by Crippen LogP contribution is -2.34. The highest BCUT2D eigenvalue weighted by molar-refractivity contribution is 5.76. The van der Waals surface area contributed by atoms with E-state index in [-0.39, 0.29) is 5.91 Å². The van der Waals surface area contributed by atoms with E-state index in [1.807, 2.05) is 22.7 Å². The number of likely N-dealkylation sites (N-methyl/N-ethyl adjacent to an activating group) is 1. The van der Waals surface area contributed by atoms with Gasteiger partial charge in [-0.25, -0.2) is 4.98 Å². The van der Waals surface area contributed by atoms with Crippen LogP contribution in [0.2, 0.25) is 0 Å². The first-order valence-corrected chi connectivity index (χ1v) is 7.22. The van der Waals surface area contributed by atoms with Gasteiger partial charge in [-0.05, 0) is 19.9 Å². The summed E-state index contributed by atoms with van der Waals surface area (Å²) < 4.78 is 1.90. The van der Waals surface area contributed by atoms with Crippen LogP contribution in [0.5, 0.6) is 0 Å². The molecule has 1 aromatic rings. The number of nitrogens with one attached hydrogen (secondary N) is 1. The summed E-state index contributed by atoms with van der Waals surface area (Å²) in [7, 11) is 1.93. The molecule has 0 aliphatic carbocycles. The second-order valence-electron chi connectivity index (χ2n) is 5.19. The van der Waals surface area contributed by atoms with Gasteiger partial charge < -0.3 is 14.8 Å². The number of hydrogen-bond acceptors (Lipinski definition) is 3. The van der Waals surface area contributed by atoms with Crippen molar-refractivity contribution in [2.75, 3.05) is 26.7 Å². The van der Waals surface area contributed by atoms with Gasteiger partial charge in [0.2, 0.25) is 5.91 Å². The SMILES string of the molecule is CNCCc1cn(CC(=O)N2CCCCCC2)cn1. The number of imidazole rings is 1. The van der Waals surface area contributed by atoms with Gasteiger partial charge in [0.25, 0.3) is 0 Å². The van der Waals surface area contributed by atoms with Gasteiger partial charge in [-0.1, -0.05) is 12.8 Å². The fourth-order valence-corrected chi connectivity index (χ4v) is 2.45. The number of carbonyl (C=O) groups is 1. The molecule has 5 nitrogen and oxygen atoms in total. The van der Waals surface area contributed by atoms with Crippen molar-refractivity contribution < 1.29 is 4.79 Å². The van der Waals surface area contributed by atoms with Crippen LogP contribution in [0.3, 0.4) is 0 Å². The van der Waals surface area contributed by atoms with Gasteiger partial charge in [0.1, 0.15) is 6.54 Å². The van der Waals surface area contributed by atoms with Crippen LogP contribution in [0.4, 0.5) is 0 Å². The van der Waals surface area contributed by atoms with Crippen LogP contribution >= 0.6 is 0 Å². The van der Waals surface area contributed by atoms with Gasteiger partial charge in [0.15, 0.2) is 0 Å². The molecule has 0 unspecified atom stereocenters. The van der Waals surface area contributed by atoms with E-state index >= 15 is 0 Å². The van der Waals surface area contributed by atoms with Gasteiger partial charge in [0.05, 0.1) is 12.0 Å². The lowest BCUT2D eigenvalue weighted by molar-refractivity contribution is -0.131. The van der Waals surface area contributed by atoms with E-state index in [2.05, 4.69) is 10.3 Å². The third-order valence-electron chi connectivity index (χ3n) is 3.59. The smallest absolute Gasteiger partial charge is 0.242 e. The van der Waals surface area contributed by atoms with Crippen LogP contribution in [0.1, 0.15) is 31.4 Å². The maximum absolute atomic E-state index is 12.2. The van der Waals surface area contributed by atoms with E-state index in [0.717, 1.165) is 44.6 Å². The fraction of sp³-hybridized carbons (Fsp3) is 0.714. The van der Waals surface area contributed by atoms with Crippen LogP contribution < -0.4 is 5.32 Å². The monoisotopic (exact) mass is 264 g/mol. The molecule has 1 aliphatic heterocycles. The molecule has 0 saturated carbocycles. The highest BCUT2D eigenvalue weighted by Gasteiger charge is 2.15. The second kappa shape index (κ2) is 7.28. The first-order valence-electron chi connectivity index (χ1n) is 7.22. The van der Waals surface area contributed by atoms with E-state index < -0.39 is 0 Å². The molecule has 2 heterocycles. The van der Waals surface area contributed by atoms with Crippen LogP contribution in [0.25, 0.3) is 0 Å². The van der Waals surface area contributed by atoms with E-state index in [0.29, 0.717) is 6.54 Å². The van der Waals surface area contributed by atoms with Gasteiger partial charge in [-0.3, -0.25) is 4.79 Å². The van der Waals surface area contributed by atoms with Crippen molar-refractivity contribution in [1.82, 2.24) is 19.8 Å². The predicted octanol–water partition coefficient (Wildman–Crippen LogP) is 1.05. The summed E-state index contributed by atoms with van der Waals surface area (Å²) in [6.07, 6.45) is 9.44. The molecule has 1 N–H and O–H groups in total. The maximum atomic E-state index is 12.2. The van der Waals surface area contributed by atoms with Crippen molar-refractivity contribution >= 4 is 5.91 Å². The van der Waals surface area contributed by atoms with Gasteiger partial charge in [-0.2, -0.15) is 0 Å². The van der Waals surface area contributed by atoms with Crippen molar-refractivity contribution in [3.05, 3.63) is 18.2 Å². The lowest BCUT2D eigenvalue weighted by Gasteiger charge is -2.20. The number of rotatable bonds is 5. The van der Waals surface area contributed by atoms with E-state index in [4.69, 9.17) is 0 Å². The molecular weight excluding hydrogens is 240 g/mol. The molecule has 1 fully saturated rings. The standard InChI is InChI=1S/C14H24N4O/c1-15-7-6-13-10-17(12-16-13)11-14(19)18-8-4-2-3-5-9-18/h10,12,15H,2-9,11H2,1H3. The Morgan fingerprint density at radius 3 is 2.74 bits per heavy atom. The highest BCUT2D eigenvalue weighted by Crippen LogP contribution is 2.10. The van der Waals surface area contributed by atoms with E-state index in [9.17, 15) is 4.79 Å². The van der Waals surface area contributed by atoms with Gasteiger partial charge in [-0.15, -0.1) is 0 Å². The Morgan fingerprint density at radius 2 is 2.05 bits per heavy atom. The average Bonchev–Trinajstić information content (AvgIpc) is 2.68. The minimum Gasteiger partial charge on any atom is -0.341 e. The van der Waals surface area contributed by atoms with Crippen LogP contribution in [-0.2, 0) is 17.8 Å². The summed E-state index contributed by atoms with van der Waals surface area (Å²) in [5, 5.41) is 3.10. The molecule has 1 aromatic heterocycles. The summed E-state index contributed by atoms with van der Waals surface area (Å²) >= 11 is 0. The molecule has 1 amide bonds. The summed E-state index contributed by atoms with van der Waals surface area (Å²) in [5.74, 6) is 0.222. The number of carbonyl (C=O) groups excluding carboxylic acids is 1. The number of aromatic nitrogens is 2. The number of likely N-dealkylation sites (tertiary alicyclic amines) is 1. The summed E-state index contributed by atoms with van der Waals surface area (Å²) in [4.78, 5) is 18.5. The topological polar surface area (TPSA) is 50.2 Å². The number of nitrogens with zero attached hydrogens (tertiary/aromatic N) is 3. The van der Waals surface area contributed by atoms with Crippen molar-refractivity contribution in [2.24, 2.45) is 0 Å². The fourth-order valence-electron chi connectivity index (χ4n) is 2.45. The Morgan fingerprint density at radius 1 is 1.32 bits per heavy atom. The Bertz CT molecular complexity index is 394. The highest BCUT2D eigenvalue weighted by atomic mass is 16.2. The lowest BCUT2D eigenvalue weighted by atomic mass is 10.2. The zero-order valence-electron chi connectivity index (χ0n) is 11.8. The first-order chi connectivity index (χ1) is 9.29. The molecular formula is C14H24N4O. The molecule has 106 valence electrons. The number of amides is 1. The van der Waals surface area contributed by atoms with Gasteiger partial charge >= 0.3 is 0 Å². The molecule has 0 radical (unpaired) electrons. The maximum Gasteiger partial charge on any atom is 0.242 e. The summed E-state index contributed by atoms with van der Waals surface area (Å²) in [6.45, 7) is 3.17. The van der Waals surface area contributed by atoms with Gasteiger partial charge in [0, 0.05) is 32.3 Å². The first kappa shape index (κ1) is 14.1. The largest absolute Gasteiger partial charge is 0.341 e. The van der Waals surface area contributed by atoms with E-state index in [1.54, 1.807) is 6.33 Å². The van der Waals surface area contributed by atoms with Crippen molar-refractivity contribution in [3.63, 3.8) is 0 Å². The molecule has 0 aromatic carbocycles. The molecule has 0 atom stereocenters. The zero-order chi connectivity index (χ0) is 13.5. The molecule has 19 heavy (non-hydrogen) atoms. The predicted molar refractivity (Wildman–Crippen MR) is 74.9 cm³/mol. The third kappa shape index (κ3) is 4.35. The third-order valence-corrected chi connectivity index (χ3v) is 3.59. The van der Waals surface area contributed by atoms with Crippen LogP contribution in [-0.4, -0.2) is 47.0 Å². The Hall–Kier alpha value is -1.36. The van der Waals surface area contributed by atoms with Crippen molar-refractivity contribution in [2.45, 2.75) is 38.6 Å². The minimum atomic E-state index is 0.222. The summed E-state index contributed by atoms with van der Waals surface area (Å²) in [5.41, 5.74) is 1.04. The molecule has 0 bridgehead atoms. The van der Waals surface area contributed by atoms with Crippen LogP contribution in [0, 0.1) is 0 Å². The molecule has 5 heteroatoms. The normalized spacial score (nSPS) is 16.4. The van der Waals surface area contributed by atoms with Crippen molar-refractivity contribution in [1.29, 1.82) is 0 Å². The molecule has 2 rings (SSSR count). The van der Waals surface area contributed by atoms with E-state index in [1.165, 1.54) is 12.8 Å². The quantitative estimate of drug-likeness (QED) is 0.865. The van der Waals surface area contributed by atoms with Crippen molar-refractivity contribution in [3.8, 4) is 0 Å².